The number of fused-ring (bicyclic) bond motifs is 2. The molecule has 31 heavy (non-hydrogen) atoms. The highest BCUT2D eigenvalue weighted by atomic mass is 16.5. The number of hydrogen-bond acceptors (Lipinski definition) is 5. The number of amides is 2. The Morgan fingerprint density at radius 1 is 1.23 bits per heavy atom. The van der Waals surface area contributed by atoms with Crippen molar-refractivity contribution in [3.63, 3.8) is 0 Å². The highest BCUT2D eigenvalue weighted by Crippen LogP contribution is 2.52. The normalized spacial score (nSPS) is 30.6. The number of ether oxygens (including phenoxy) is 1. The van der Waals surface area contributed by atoms with Gasteiger partial charge in [0.05, 0.1) is 24.5 Å². The summed E-state index contributed by atoms with van der Waals surface area (Å²) in [6.45, 7) is 2.32. The Labute approximate surface area is 180 Å². The van der Waals surface area contributed by atoms with Gasteiger partial charge in [0.25, 0.3) is 0 Å². The third-order valence-corrected chi connectivity index (χ3v) is 7.16. The van der Waals surface area contributed by atoms with Gasteiger partial charge in [-0.15, -0.1) is 0 Å². The first-order valence-electron chi connectivity index (χ1n) is 10.9. The maximum Gasteiger partial charge on any atom is 0.230 e. The van der Waals surface area contributed by atoms with Crippen LogP contribution in [0.5, 0.6) is 0 Å². The lowest BCUT2D eigenvalue weighted by Crippen LogP contribution is -2.47. The first-order chi connectivity index (χ1) is 15.1. The van der Waals surface area contributed by atoms with E-state index in [1.807, 2.05) is 46.2 Å². The zero-order valence-corrected chi connectivity index (χ0v) is 17.2. The van der Waals surface area contributed by atoms with Crippen LogP contribution in [0, 0.1) is 11.8 Å². The highest BCUT2D eigenvalue weighted by molar-refractivity contribution is 5.93. The van der Waals surface area contributed by atoms with Crippen LogP contribution in [0.25, 0.3) is 0 Å². The average Bonchev–Trinajstić information content (AvgIpc) is 3.45. The van der Waals surface area contributed by atoms with Gasteiger partial charge in [0.15, 0.2) is 0 Å². The van der Waals surface area contributed by atoms with Crippen LogP contribution in [0.3, 0.4) is 0 Å². The molecule has 7 heteroatoms. The van der Waals surface area contributed by atoms with Crippen LogP contribution < -0.4 is 0 Å². The molecule has 0 unspecified atom stereocenters. The fraction of sp³-hybridized carbons (Fsp3) is 0.417. The van der Waals surface area contributed by atoms with E-state index in [1.165, 1.54) is 0 Å². The van der Waals surface area contributed by atoms with Crippen molar-refractivity contribution in [2.45, 2.75) is 31.1 Å². The minimum Gasteiger partial charge on any atom is -0.360 e. The first-order valence-corrected chi connectivity index (χ1v) is 10.9. The van der Waals surface area contributed by atoms with Crippen LogP contribution >= 0.6 is 0 Å². The molecule has 2 bridgehead atoms. The summed E-state index contributed by atoms with van der Waals surface area (Å²) in [7, 11) is 0. The molecule has 2 saturated heterocycles. The smallest absolute Gasteiger partial charge is 0.230 e. The third-order valence-electron chi connectivity index (χ3n) is 7.16. The fourth-order valence-electron chi connectivity index (χ4n) is 5.63. The Hall–Kier alpha value is -3.06. The Kier molecular flexibility index (Phi) is 4.21. The zero-order chi connectivity index (χ0) is 21.0. The van der Waals surface area contributed by atoms with Crippen LogP contribution in [0.15, 0.2) is 55.0 Å². The highest BCUT2D eigenvalue weighted by Gasteiger charge is 2.67. The summed E-state index contributed by atoms with van der Waals surface area (Å²) >= 11 is 0. The van der Waals surface area contributed by atoms with E-state index >= 15 is 0 Å². The molecule has 0 N–H and O–H groups in total. The average molecular weight is 416 g/mol. The Balaban J connectivity index is 1.21. The summed E-state index contributed by atoms with van der Waals surface area (Å²) < 4.78 is 6.29. The minimum atomic E-state index is -0.657. The second-order valence-electron chi connectivity index (χ2n) is 8.88. The van der Waals surface area contributed by atoms with Gasteiger partial charge in [0.1, 0.15) is 5.60 Å². The SMILES string of the molecule is O=C([C@@H]1[C@@H]2C=C[C@@]3(CN(CCc4ccncc4)C(=O)[C@H]13)O2)N1CCc2ncccc2C1. The van der Waals surface area contributed by atoms with Gasteiger partial charge in [-0.2, -0.15) is 0 Å². The lowest BCUT2D eigenvalue weighted by Gasteiger charge is -2.33. The van der Waals surface area contributed by atoms with Gasteiger partial charge >= 0.3 is 0 Å². The summed E-state index contributed by atoms with van der Waals surface area (Å²) in [5.74, 6) is -0.803. The Morgan fingerprint density at radius 3 is 2.97 bits per heavy atom. The van der Waals surface area contributed by atoms with Gasteiger partial charge in [-0.1, -0.05) is 18.2 Å². The minimum absolute atomic E-state index is 0.0278. The van der Waals surface area contributed by atoms with Crippen LogP contribution in [0.4, 0.5) is 0 Å². The third kappa shape index (κ3) is 2.91. The summed E-state index contributed by atoms with van der Waals surface area (Å²) in [4.78, 5) is 39.2. The molecule has 7 nitrogen and oxygen atoms in total. The van der Waals surface area contributed by atoms with E-state index in [0.717, 1.165) is 29.7 Å². The number of likely N-dealkylation sites (tertiary alicyclic amines) is 1. The Morgan fingerprint density at radius 2 is 2.10 bits per heavy atom. The van der Waals surface area contributed by atoms with Crippen LogP contribution in [-0.2, 0) is 33.7 Å². The van der Waals surface area contributed by atoms with Crippen LogP contribution in [0.2, 0.25) is 0 Å². The Bertz CT molecular complexity index is 1070. The number of pyridine rings is 2. The second-order valence-corrected chi connectivity index (χ2v) is 8.88. The van der Waals surface area contributed by atoms with E-state index in [-0.39, 0.29) is 17.9 Å². The molecule has 2 aromatic rings. The first kappa shape index (κ1) is 18.7. The molecule has 0 radical (unpaired) electrons. The maximum absolute atomic E-state index is 13.6. The van der Waals surface area contributed by atoms with Crippen molar-refractivity contribution in [2.75, 3.05) is 19.6 Å². The zero-order valence-electron chi connectivity index (χ0n) is 17.2. The van der Waals surface area contributed by atoms with Crippen LogP contribution in [-0.4, -0.2) is 62.9 Å². The van der Waals surface area contributed by atoms with Crippen molar-refractivity contribution in [1.82, 2.24) is 19.8 Å². The van der Waals surface area contributed by atoms with E-state index in [1.54, 1.807) is 18.6 Å². The summed E-state index contributed by atoms with van der Waals surface area (Å²) in [5.41, 5.74) is 2.64. The molecule has 0 saturated carbocycles. The molecule has 158 valence electrons. The molecule has 4 atom stereocenters. The summed E-state index contributed by atoms with van der Waals surface area (Å²) in [6.07, 6.45) is 10.5. The molecule has 0 aromatic carbocycles. The summed E-state index contributed by atoms with van der Waals surface area (Å²) in [6, 6.07) is 7.88. The van der Waals surface area contributed by atoms with Crippen molar-refractivity contribution in [2.24, 2.45) is 11.8 Å². The molecule has 1 spiro atoms. The van der Waals surface area contributed by atoms with Gasteiger partial charge in [0, 0.05) is 50.3 Å². The monoisotopic (exact) mass is 416 g/mol. The molecule has 4 aliphatic rings. The maximum atomic E-state index is 13.6. The standard InChI is InChI=1S/C24H24N4O3/c29-22(27-13-7-18-17(14-27)2-1-9-26-18)20-19-3-8-24(31-19)15-28(23(30)21(20)24)12-6-16-4-10-25-11-5-16/h1-5,8-11,19-21H,6-7,12-15H2/t19-,20+,21-,24-/m0/s1. The topological polar surface area (TPSA) is 75.6 Å². The van der Waals surface area contributed by atoms with E-state index in [2.05, 4.69) is 9.97 Å². The molecular weight excluding hydrogens is 392 g/mol. The second kappa shape index (κ2) is 6.99. The van der Waals surface area contributed by atoms with Crippen molar-refractivity contribution in [3.8, 4) is 0 Å². The van der Waals surface area contributed by atoms with Crippen molar-refractivity contribution in [1.29, 1.82) is 0 Å². The van der Waals surface area contributed by atoms with Gasteiger partial charge in [0.2, 0.25) is 11.8 Å². The van der Waals surface area contributed by atoms with Crippen molar-refractivity contribution < 1.29 is 14.3 Å². The lowest BCUT2D eigenvalue weighted by atomic mass is 9.76. The number of hydrogen-bond donors (Lipinski definition) is 0. The fourth-order valence-corrected chi connectivity index (χ4v) is 5.63. The molecular formula is C24H24N4O3. The number of carbonyl (C=O) groups excluding carboxylic acids is 2. The van der Waals surface area contributed by atoms with Gasteiger partial charge < -0.3 is 14.5 Å². The number of rotatable bonds is 4. The van der Waals surface area contributed by atoms with Gasteiger partial charge in [-0.05, 0) is 35.7 Å². The van der Waals surface area contributed by atoms with E-state index < -0.39 is 17.4 Å². The van der Waals surface area contributed by atoms with Crippen molar-refractivity contribution >= 4 is 11.8 Å². The molecule has 6 rings (SSSR count). The van der Waals surface area contributed by atoms with E-state index in [0.29, 0.717) is 26.2 Å². The molecule has 2 fully saturated rings. The predicted molar refractivity (Wildman–Crippen MR) is 112 cm³/mol. The molecule has 6 heterocycles. The van der Waals surface area contributed by atoms with Crippen LogP contribution in [0.1, 0.15) is 16.8 Å². The quantitative estimate of drug-likeness (QED) is 0.704. The summed E-state index contributed by atoms with van der Waals surface area (Å²) in [5, 5.41) is 0. The number of aromatic nitrogens is 2. The van der Waals surface area contributed by atoms with Gasteiger partial charge in [-0.3, -0.25) is 19.6 Å². The largest absolute Gasteiger partial charge is 0.360 e. The number of carbonyl (C=O) groups is 2. The van der Waals surface area contributed by atoms with Gasteiger partial charge in [-0.25, -0.2) is 0 Å². The lowest BCUT2D eigenvalue weighted by molar-refractivity contribution is -0.143. The van der Waals surface area contributed by atoms with E-state index in [9.17, 15) is 9.59 Å². The molecule has 2 aromatic heterocycles. The van der Waals surface area contributed by atoms with Crippen molar-refractivity contribution in [3.05, 3.63) is 71.8 Å². The molecule has 0 aliphatic carbocycles. The molecule has 4 aliphatic heterocycles. The van der Waals surface area contributed by atoms with E-state index in [4.69, 9.17) is 4.74 Å². The predicted octanol–water partition coefficient (Wildman–Crippen LogP) is 1.39. The number of nitrogens with zero attached hydrogens (tertiary/aromatic N) is 4. The molecule has 2 amide bonds.